The molecular formula is C25H16Br2Cl2FN3O4. The van der Waals surface area contributed by atoms with Crippen molar-refractivity contribution >= 4 is 84.7 Å². The van der Waals surface area contributed by atoms with Crippen LogP contribution in [0.1, 0.15) is 11.1 Å². The Morgan fingerprint density at radius 2 is 1.76 bits per heavy atom. The van der Waals surface area contributed by atoms with E-state index in [4.69, 9.17) is 27.9 Å². The first-order valence-corrected chi connectivity index (χ1v) is 12.9. The maximum Gasteiger partial charge on any atom is 0.329 e. The Hall–Kier alpha value is -2.92. The summed E-state index contributed by atoms with van der Waals surface area (Å²) in [4.78, 5) is 38.1. The van der Waals surface area contributed by atoms with E-state index in [-0.39, 0.29) is 18.0 Å². The van der Waals surface area contributed by atoms with Crippen molar-refractivity contribution in [2.24, 2.45) is 0 Å². The number of carbonyl (C=O) groups excluding carboxylic acids is 3. The molecule has 0 aromatic heterocycles. The number of nitrogens with zero attached hydrogens (tertiary/aromatic N) is 1. The van der Waals surface area contributed by atoms with E-state index in [1.807, 2.05) is 0 Å². The molecule has 1 aliphatic rings. The molecule has 1 saturated heterocycles. The molecule has 3 aromatic rings. The maximum atomic E-state index is 13.8. The van der Waals surface area contributed by atoms with Crippen molar-refractivity contribution in [3.8, 4) is 5.75 Å². The molecule has 0 spiro atoms. The van der Waals surface area contributed by atoms with E-state index < -0.39 is 30.2 Å². The topological polar surface area (TPSA) is 87.7 Å². The monoisotopic (exact) mass is 669 g/mol. The van der Waals surface area contributed by atoms with Crippen LogP contribution in [-0.2, 0) is 16.2 Å². The van der Waals surface area contributed by atoms with Crippen molar-refractivity contribution in [3.05, 3.63) is 96.2 Å². The zero-order valence-corrected chi connectivity index (χ0v) is 23.3. The van der Waals surface area contributed by atoms with Gasteiger partial charge in [0.15, 0.2) is 0 Å². The molecule has 3 aromatic carbocycles. The van der Waals surface area contributed by atoms with Gasteiger partial charge in [-0.2, -0.15) is 0 Å². The third-order valence-corrected chi connectivity index (χ3v) is 7.03. The minimum absolute atomic E-state index is 0.0213. The van der Waals surface area contributed by atoms with Crippen molar-refractivity contribution in [2.75, 3.05) is 11.9 Å². The number of anilines is 1. The van der Waals surface area contributed by atoms with Crippen LogP contribution >= 0.6 is 55.1 Å². The van der Waals surface area contributed by atoms with Crippen LogP contribution in [0, 0.1) is 5.82 Å². The second-order valence-electron chi connectivity index (χ2n) is 7.76. The van der Waals surface area contributed by atoms with Crippen LogP contribution in [0.2, 0.25) is 10.0 Å². The van der Waals surface area contributed by atoms with Crippen LogP contribution in [0.4, 0.5) is 14.9 Å². The molecule has 4 rings (SSSR count). The van der Waals surface area contributed by atoms with E-state index in [9.17, 15) is 18.8 Å². The molecular weight excluding hydrogens is 656 g/mol. The van der Waals surface area contributed by atoms with Crippen molar-refractivity contribution in [3.63, 3.8) is 0 Å². The van der Waals surface area contributed by atoms with Gasteiger partial charge >= 0.3 is 6.03 Å². The van der Waals surface area contributed by atoms with E-state index in [2.05, 4.69) is 42.5 Å². The predicted octanol–water partition coefficient (Wildman–Crippen LogP) is 6.77. The quantitative estimate of drug-likeness (QED) is 0.215. The molecule has 1 fully saturated rings. The lowest BCUT2D eigenvalue weighted by molar-refractivity contribution is -0.127. The number of hydrogen-bond donors (Lipinski definition) is 2. The molecule has 0 saturated carbocycles. The molecule has 7 nitrogen and oxygen atoms in total. The molecule has 0 atom stereocenters. The van der Waals surface area contributed by atoms with Crippen LogP contribution in [-0.4, -0.2) is 29.3 Å². The average molecular weight is 672 g/mol. The van der Waals surface area contributed by atoms with Gasteiger partial charge in [0.05, 0.1) is 24.7 Å². The number of urea groups is 1. The fourth-order valence-corrected chi connectivity index (χ4v) is 5.13. The van der Waals surface area contributed by atoms with Gasteiger partial charge in [0.1, 0.15) is 30.4 Å². The second-order valence-corrected chi connectivity index (χ2v) is 10.3. The molecule has 1 heterocycles. The number of imide groups is 1. The van der Waals surface area contributed by atoms with Gasteiger partial charge in [-0.05, 0) is 85.5 Å². The van der Waals surface area contributed by atoms with Crippen molar-refractivity contribution < 1.29 is 23.5 Å². The summed E-state index contributed by atoms with van der Waals surface area (Å²) in [6, 6.07) is 13.4. The lowest BCUT2D eigenvalue weighted by Crippen LogP contribution is -2.38. The van der Waals surface area contributed by atoms with Gasteiger partial charge in [0, 0.05) is 0 Å². The molecule has 0 unspecified atom stereocenters. The van der Waals surface area contributed by atoms with E-state index in [0.717, 1.165) is 10.5 Å². The normalized spacial score (nSPS) is 14.2. The number of halogens is 5. The fraction of sp³-hybridized carbons (Fsp3) is 0.0800. The van der Waals surface area contributed by atoms with Crippen molar-refractivity contribution in [1.29, 1.82) is 0 Å². The lowest BCUT2D eigenvalue weighted by Gasteiger charge is -2.12. The zero-order valence-electron chi connectivity index (χ0n) is 18.7. The number of nitrogens with one attached hydrogen (secondary N) is 2. The summed E-state index contributed by atoms with van der Waals surface area (Å²) in [6.45, 7) is -0.349. The minimum atomic E-state index is -0.764. The van der Waals surface area contributed by atoms with Gasteiger partial charge in [-0.3, -0.25) is 9.59 Å². The van der Waals surface area contributed by atoms with Crippen LogP contribution < -0.4 is 15.4 Å². The summed E-state index contributed by atoms with van der Waals surface area (Å²) in [6.07, 6.45) is 1.47. The second kappa shape index (κ2) is 11.6. The zero-order chi connectivity index (χ0) is 26.7. The first-order chi connectivity index (χ1) is 17.6. The number of hydrogen-bond acceptors (Lipinski definition) is 4. The number of para-hydroxylation sites is 1. The Labute approximate surface area is 237 Å². The highest BCUT2D eigenvalue weighted by Gasteiger charge is 2.35. The molecule has 0 aliphatic carbocycles. The highest BCUT2D eigenvalue weighted by molar-refractivity contribution is 9.11. The fourth-order valence-electron chi connectivity index (χ4n) is 3.36. The summed E-state index contributed by atoms with van der Waals surface area (Å²) in [7, 11) is 0. The predicted molar refractivity (Wildman–Crippen MR) is 146 cm³/mol. The van der Waals surface area contributed by atoms with Crippen LogP contribution in [0.5, 0.6) is 5.75 Å². The first kappa shape index (κ1) is 27.1. The lowest BCUT2D eigenvalue weighted by atomic mass is 10.2. The Bertz CT molecular complexity index is 1430. The van der Waals surface area contributed by atoms with E-state index in [0.29, 0.717) is 30.3 Å². The first-order valence-electron chi connectivity index (χ1n) is 10.6. The van der Waals surface area contributed by atoms with Gasteiger partial charge in [-0.1, -0.05) is 41.4 Å². The average Bonchev–Trinajstić information content (AvgIpc) is 3.09. The smallest absolute Gasteiger partial charge is 0.329 e. The highest BCUT2D eigenvalue weighted by Crippen LogP contribution is 2.36. The number of benzene rings is 3. The molecule has 1 aliphatic heterocycles. The van der Waals surface area contributed by atoms with Gasteiger partial charge in [-0.25, -0.2) is 14.1 Å². The van der Waals surface area contributed by atoms with Crippen LogP contribution in [0.25, 0.3) is 6.08 Å². The van der Waals surface area contributed by atoms with Gasteiger partial charge in [0.25, 0.3) is 5.91 Å². The number of carbonyl (C=O) groups is 3. The van der Waals surface area contributed by atoms with Crippen molar-refractivity contribution in [2.45, 2.75) is 6.61 Å². The molecule has 0 radical (unpaired) electrons. The van der Waals surface area contributed by atoms with Crippen LogP contribution in [0.15, 0.2) is 69.2 Å². The summed E-state index contributed by atoms with van der Waals surface area (Å²) >= 11 is 18.9. The molecule has 2 N–H and O–H groups in total. The van der Waals surface area contributed by atoms with E-state index >= 15 is 0 Å². The summed E-state index contributed by atoms with van der Waals surface area (Å²) in [5.41, 5.74) is 1.32. The number of amides is 4. The molecule has 190 valence electrons. The van der Waals surface area contributed by atoms with Gasteiger partial charge in [0.2, 0.25) is 5.91 Å². The summed E-state index contributed by atoms with van der Waals surface area (Å²) < 4.78 is 20.8. The number of ether oxygens (including phenoxy) is 1. The Balaban J connectivity index is 1.44. The third kappa shape index (κ3) is 6.51. The number of rotatable bonds is 7. The van der Waals surface area contributed by atoms with Crippen LogP contribution in [0.3, 0.4) is 0 Å². The van der Waals surface area contributed by atoms with Gasteiger partial charge in [-0.15, -0.1) is 0 Å². The standard InChI is InChI=1S/C25H16Br2Cl2FN3O4/c26-15-7-14(8-16(27)23(15)37-12-13-5-6-17(28)18(29)9-13)10-21-24(35)33(25(36)32-21)11-22(34)31-20-4-2-1-3-19(20)30/h1-10H,11-12H2,(H,31,34)(H,32,36)/b21-10+. The molecule has 37 heavy (non-hydrogen) atoms. The molecule has 12 heteroatoms. The highest BCUT2D eigenvalue weighted by atomic mass is 79.9. The Morgan fingerprint density at radius 3 is 2.43 bits per heavy atom. The van der Waals surface area contributed by atoms with E-state index in [1.165, 1.54) is 24.3 Å². The maximum absolute atomic E-state index is 13.8. The van der Waals surface area contributed by atoms with E-state index in [1.54, 1.807) is 36.4 Å². The molecule has 4 amide bonds. The Morgan fingerprint density at radius 1 is 1.05 bits per heavy atom. The minimum Gasteiger partial charge on any atom is -0.487 e. The Kier molecular flexibility index (Phi) is 8.53. The summed E-state index contributed by atoms with van der Waals surface area (Å²) in [5, 5.41) is 5.67. The largest absolute Gasteiger partial charge is 0.487 e. The molecule has 0 bridgehead atoms. The summed E-state index contributed by atoms with van der Waals surface area (Å²) in [5.74, 6) is -1.53. The van der Waals surface area contributed by atoms with Crippen molar-refractivity contribution in [1.82, 2.24) is 10.2 Å². The SMILES string of the molecule is O=C(CN1C(=O)N/C(=C/c2cc(Br)c(OCc3ccc(Cl)c(Cl)c3)c(Br)c2)C1=O)Nc1ccccc1F. The van der Waals surface area contributed by atoms with Gasteiger partial charge < -0.3 is 15.4 Å². The third-order valence-electron chi connectivity index (χ3n) is 5.11.